The second kappa shape index (κ2) is 10.2. The van der Waals surface area contributed by atoms with Crippen molar-refractivity contribution in [2.24, 2.45) is 5.92 Å². The molecule has 0 spiro atoms. The molecule has 130 valence electrons. The Morgan fingerprint density at radius 1 is 1.26 bits per heavy atom. The van der Waals surface area contributed by atoms with Crippen LogP contribution in [0.4, 0.5) is 4.39 Å². The predicted molar refractivity (Wildman–Crippen MR) is 91.3 cm³/mol. The van der Waals surface area contributed by atoms with Gasteiger partial charge in [0, 0.05) is 20.1 Å². The van der Waals surface area contributed by atoms with Gasteiger partial charge in [-0.1, -0.05) is 26.0 Å². The van der Waals surface area contributed by atoms with Crippen LogP contribution in [0.2, 0.25) is 0 Å². The maximum absolute atomic E-state index is 13.7. The molecule has 0 radical (unpaired) electrons. The lowest BCUT2D eigenvalue weighted by molar-refractivity contribution is -0.132. The van der Waals surface area contributed by atoms with E-state index in [0.717, 1.165) is 0 Å². The third-order valence-corrected chi connectivity index (χ3v) is 3.41. The number of carbonyl (C=O) groups excluding carboxylic acids is 2. The number of hydrogen-bond donors (Lipinski definition) is 2. The summed E-state index contributed by atoms with van der Waals surface area (Å²) < 4.78 is 13.7. The normalized spacial score (nSPS) is 11.6. The van der Waals surface area contributed by atoms with Gasteiger partial charge in [-0.05, 0) is 25.1 Å². The van der Waals surface area contributed by atoms with Crippen LogP contribution in [0, 0.1) is 11.7 Å². The van der Waals surface area contributed by atoms with E-state index in [9.17, 15) is 14.0 Å². The van der Waals surface area contributed by atoms with E-state index in [1.165, 1.54) is 18.2 Å². The summed E-state index contributed by atoms with van der Waals surface area (Å²) in [5.41, 5.74) is -0.0566. The van der Waals surface area contributed by atoms with E-state index in [1.807, 2.05) is 13.8 Å². The van der Waals surface area contributed by atoms with E-state index in [4.69, 9.17) is 0 Å². The molecule has 1 atom stereocenters. The molecule has 0 aliphatic carbocycles. The Balaban J connectivity index is 0.00000484. The minimum Gasteiger partial charge on any atom is -0.343 e. The first kappa shape index (κ1) is 21.3. The van der Waals surface area contributed by atoms with Crippen LogP contribution in [0.1, 0.15) is 24.2 Å². The number of halogens is 2. The van der Waals surface area contributed by atoms with Gasteiger partial charge in [0.15, 0.2) is 0 Å². The van der Waals surface area contributed by atoms with Crippen LogP contribution in [-0.2, 0) is 4.79 Å². The highest BCUT2D eigenvalue weighted by atomic mass is 35.5. The first-order chi connectivity index (χ1) is 10.4. The molecule has 0 aliphatic rings. The van der Waals surface area contributed by atoms with Crippen molar-refractivity contribution in [1.29, 1.82) is 0 Å². The molecule has 1 aromatic carbocycles. The monoisotopic (exact) mass is 345 g/mol. The van der Waals surface area contributed by atoms with Crippen LogP contribution in [0.15, 0.2) is 24.3 Å². The van der Waals surface area contributed by atoms with Crippen molar-refractivity contribution >= 4 is 24.2 Å². The maximum Gasteiger partial charge on any atom is 0.254 e. The number of nitrogens with one attached hydrogen (secondary N) is 2. The molecular formula is C16H25ClFN3O2. The highest BCUT2D eigenvalue weighted by Crippen LogP contribution is 2.10. The number of rotatable bonds is 7. The molecule has 0 saturated heterocycles. The van der Waals surface area contributed by atoms with E-state index < -0.39 is 17.8 Å². The lowest BCUT2D eigenvalue weighted by Crippen LogP contribution is -2.51. The van der Waals surface area contributed by atoms with E-state index in [0.29, 0.717) is 13.1 Å². The summed E-state index contributed by atoms with van der Waals surface area (Å²) in [6, 6.07) is 5.04. The fourth-order valence-corrected chi connectivity index (χ4v) is 2.01. The van der Waals surface area contributed by atoms with Gasteiger partial charge in [-0.15, -0.1) is 12.4 Å². The van der Waals surface area contributed by atoms with Gasteiger partial charge in [0.05, 0.1) is 5.56 Å². The van der Waals surface area contributed by atoms with Gasteiger partial charge in [-0.25, -0.2) is 4.39 Å². The fourth-order valence-electron chi connectivity index (χ4n) is 2.01. The summed E-state index contributed by atoms with van der Waals surface area (Å²) >= 11 is 0. The summed E-state index contributed by atoms with van der Waals surface area (Å²) in [5.74, 6) is -1.46. The van der Waals surface area contributed by atoms with Crippen LogP contribution in [-0.4, -0.2) is 49.9 Å². The van der Waals surface area contributed by atoms with Gasteiger partial charge < -0.3 is 15.5 Å². The number of nitrogens with zero attached hydrogens (tertiary/aromatic N) is 1. The first-order valence-corrected chi connectivity index (χ1v) is 7.33. The number of carbonyl (C=O) groups is 2. The van der Waals surface area contributed by atoms with Crippen LogP contribution in [0.3, 0.4) is 0 Å². The molecule has 1 rings (SSSR count). The fraction of sp³-hybridized carbons (Fsp3) is 0.500. The quantitative estimate of drug-likeness (QED) is 0.790. The highest BCUT2D eigenvalue weighted by Gasteiger charge is 2.27. The van der Waals surface area contributed by atoms with Crippen molar-refractivity contribution in [2.75, 3.05) is 27.2 Å². The summed E-state index contributed by atoms with van der Waals surface area (Å²) in [7, 11) is 3.49. The molecule has 2 amide bonds. The molecule has 23 heavy (non-hydrogen) atoms. The number of likely N-dealkylation sites (N-methyl/N-ethyl adjacent to an activating group) is 2. The van der Waals surface area contributed by atoms with Crippen molar-refractivity contribution in [3.8, 4) is 0 Å². The largest absolute Gasteiger partial charge is 0.343 e. The lowest BCUT2D eigenvalue weighted by atomic mass is 10.0. The minimum absolute atomic E-state index is 0. The molecule has 1 aromatic rings. The Bertz CT molecular complexity index is 526. The Morgan fingerprint density at radius 2 is 1.87 bits per heavy atom. The van der Waals surface area contributed by atoms with Gasteiger partial charge >= 0.3 is 0 Å². The molecule has 0 aromatic heterocycles. The van der Waals surface area contributed by atoms with Crippen LogP contribution in [0.5, 0.6) is 0 Å². The average Bonchev–Trinajstić information content (AvgIpc) is 2.49. The third kappa shape index (κ3) is 6.15. The van der Waals surface area contributed by atoms with Crippen molar-refractivity contribution in [1.82, 2.24) is 15.5 Å². The summed E-state index contributed by atoms with van der Waals surface area (Å²) in [4.78, 5) is 26.2. The third-order valence-electron chi connectivity index (χ3n) is 3.41. The topological polar surface area (TPSA) is 61.4 Å². The number of benzene rings is 1. The molecule has 0 heterocycles. The summed E-state index contributed by atoms with van der Waals surface area (Å²) in [6.07, 6.45) is 0. The molecule has 0 aliphatic heterocycles. The minimum atomic E-state index is -0.686. The van der Waals surface area contributed by atoms with E-state index >= 15 is 0 Å². The first-order valence-electron chi connectivity index (χ1n) is 7.33. The Kier molecular flexibility index (Phi) is 9.44. The number of amides is 2. The standard InChI is InChI=1S/C16H24FN3O2.ClH/c1-11(2)14(16(22)20(4)10-9-18-3)19-15(21)12-7-5-6-8-13(12)17;/h5-8,11,14,18H,9-10H2,1-4H3,(H,19,21);1H. The van der Waals surface area contributed by atoms with Crippen molar-refractivity contribution in [3.05, 3.63) is 35.6 Å². The molecule has 1 unspecified atom stereocenters. The zero-order chi connectivity index (χ0) is 16.7. The smallest absolute Gasteiger partial charge is 0.254 e. The predicted octanol–water partition coefficient (Wildman–Crippen LogP) is 1.68. The molecule has 0 fully saturated rings. The van der Waals surface area contributed by atoms with E-state index in [1.54, 1.807) is 25.1 Å². The number of hydrogen-bond acceptors (Lipinski definition) is 3. The van der Waals surface area contributed by atoms with Crippen molar-refractivity contribution < 1.29 is 14.0 Å². The van der Waals surface area contributed by atoms with Crippen molar-refractivity contribution in [2.45, 2.75) is 19.9 Å². The van der Waals surface area contributed by atoms with Crippen LogP contribution >= 0.6 is 12.4 Å². The van der Waals surface area contributed by atoms with Crippen LogP contribution < -0.4 is 10.6 Å². The summed E-state index contributed by atoms with van der Waals surface area (Å²) in [6.45, 7) is 4.88. The molecule has 2 N–H and O–H groups in total. The summed E-state index contributed by atoms with van der Waals surface area (Å²) in [5, 5.41) is 5.61. The molecular weight excluding hydrogens is 321 g/mol. The van der Waals surface area contributed by atoms with Gasteiger partial charge in [0.2, 0.25) is 5.91 Å². The Hall–Kier alpha value is -1.66. The average molecular weight is 346 g/mol. The highest BCUT2D eigenvalue weighted by molar-refractivity contribution is 5.97. The van der Waals surface area contributed by atoms with Crippen LogP contribution in [0.25, 0.3) is 0 Å². The molecule has 7 heteroatoms. The Morgan fingerprint density at radius 3 is 2.39 bits per heavy atom. The maximum atomic E-state index is 13.7. The SMILES string of the molecule is CNCCN(C)C(=O)C(NC(=O)c1ccccc1F)C(C)C.Cl. The van der Waals surface area contributed by atoms with Gasteiger partial charge in [0.1, 0.15) is 11.9 Å². The van der Waals surface area contributed by atoms with E-state index in [-0.39, 0.29) is 29.8 Å². The lowest BCUT2D eigenvalue weighted by Gasteiger charge is -2.27. The Labute approximate surface area is 143 Å². The van der Waals surface area contributed by atoms with Gasteiger partial charge in [0.25, 0.3) is 5.91 Å². The zero-order valence-corrected chi connectivity index (χ0v) is 14.7. The second-order valence-corrected chi connectivity index (χ2v) is 5.54. The molecule has 0 saturated carbocycles. The van der Waals surface area contributed by atoms with E-state index in [2.05, 4.69) is 10.6 Å². The second-order valence-electron chi connectivity index (χ2n) is 5.54. The van der Waals surface area contributed by atoms with Gasteiger partial charge in [-0.3, -0.25) is 9.59 Å². The van der Waals surface area contributed by atoms with Crippen molar-refractivity contribution in [3.63, 3.8) is 0 Å². The molecule has 0 bridgehead atoms. The zero-order valence-electron chi connectivity index (χ0n) is 13.9. The van der Waals surface area contributed by atoms with Gasteiger partial charge in [-0.2, -0.15) is 0 Å². The molecule has 5 nitrogen and oxygen atoms in total.